The highest BCUT2D eigenvalue weighted by Crippen LogP contribution is 2.54. The molecular weight excluding hydrogens is 293 g/mol. The Morgan fingerprint density at radius 2 is 2.06 bits per heavy atom. The Labute approximate surface area is 118 Å². The van der Waals surface area contributed by atoms with Crippen LogP contribution in [0.1, 0.15) is 6.42 Å². The van der Waals surface area contributed by atoms with E-state index in [1.165, 1.54) is 11.8 Å². The molecule has 94 valence electrons. The van der Waals surface area contributed by atoms with Gasteiger partial charge in [-0.2, -0.15) is 0 Å². The van der Waals surface area contributed by atoms with Crippen molar-refractivity contribution in [3.63, 3.8) is 0 Å². The van der Waals surface area contributed by atoms with Crippen molar-refractivity contribution in [3.05, 3.63) is 24.5 Å². The fraction of sp³-hybridized carbons (Fsp3) is 0.364. The highest BCUT2D eigenvalue weighted by Gasteiger charge is 2.51. The quantitative estimate of drug-likeness (QED) is 0.640. The van der Waals surface area contributed by atoms with Crippen LogP contribution in [0.15, 0.2) is 34.2 Å². The van der Waals surface area contributed by atoms with E-state index < -0.39 is 4.33 Å². The maximum atomic E-state index is 5.95. The summed E-state index contributed by atoms with van der Waals surface area (Å²) >= 11 is 13.4. The van der Waals surface area contributed by atoms with Crippen LogP contribution < -0.4 is 0 Å². The van der Waals surface area contributed by atoms with Crippen LogP contribution in [-0.2, 0) is 0 Å². The fourth-order valence-corrected chi connectivity index (χ4v) is 3.19. The van der Waals surface area contributed by atoms with Crippen LogP contribution in [0.25, 0.3) is 11.5 Å². The number of hydrogen-bond acceptors (Lipinski definition) is 5. The third-order valence-electron chi connectivity index (χ3n) is 2.70. The first-order valence-electron chi connectivity index (χ1n) is 5.40. The standard InChI is InChI=1S/C11H9Cl2N3OS/c12-11(13)5-8(11)6-18-10-16-15-9(17-10)7-1-3-14-4-2-7/h1-4,8H,5-6H2. The van der Waals surface area contributed by atoms with Crippen molar-refractivity contribution in [1.82, 2.24) is 15.2 Å². The van der Waals surface area contributed by atoms with Crippen LogP contribution in [0, 0.1) is 5.92 Å². The van der Waals surface area contributed by atoms with E-state index >= 15 is 0 Å². The number of pyridine rings is 1. The van der Waals surface area contributed by atoms with Crippen molar-refractivity contribution in [1.29, 1.82) is 0 Å². The highest BCUT2D eigenvalue weighted by molar-refractivity contribution is 7.99. The smallest absolute Gasteiger partial charge is 0.276 e. The Hall–Kier alpha value is -0.780. The lowest BCUT2D eigenvalue weighted by Crippen LogP contribution is -1.92. The molecular formula is C11H9Cl2N3OS. The maximum Gasteiger partial charge on any atom is 0.276 e. The SMILES string of the molecule is ClC1(Cl)CC1CSc1nnc(-c2ccncc2)o1. The Balaban J connectivity index is 1.64. The molecule has 0 amide bonds. The van der Waals surface area contributed by atoms with Crippen LogP contribution in [0.3, 0.4) is 0 Å². The van der Waals surface area contributed by atoms with E-state index in [-0.39, 0.29) is 0 Å². The maximum absolute atomic E-state index is 5.95. The summed E-state index contributed by atoms with van der Waals surface area (Å²) in [5, 5.41) is 8.51. The predicted octanol–water partition coefficient (Wildman–Crippen LogP) is 3.42. The van der Waals surface area contributed by atoms with Gasteiger partial charge in [0, 0.05) is 29.6 Å². The summed E-state index contributed by atoms with van der Waals surface area (Å²) in [5.74, 6) is 1.60. The monoisotopic (exact) mass is 301 g/mol. The summed E-state index contributed by atoms with van der Waals surface area (Å²) < 4.78 is 4.99. The van der Waals surface area contributed by atoms with E-state index in [4.69, 9.17) is 27.6 Å². The van der Waals surface area contributed by atoms with Crippen molar-refractivity contribution in [3.8, 4) is 11.5 Å². The van der Waals surface area contributed by atoms with Gasteiger partial charge in [0.1, 0.15) is 4.33 Å². The second-order valence-electron chi connectivity index (χ2n) is 4.08. The summed E-state index contributed by atoms with van der Waals surface area (Å²) in [5.41, 5.74) is 0.861. The lowest BCUT2D eigenvalue weighted by molar-refractivity contribution is 0.465. The average molecular weight is 302 g/mol. The third-order valence-corrected chi connectivity index (χ3v) is 4.60. The summed E-state index contributed by atoms with van der Waals surface area (Å²) in [4.78, 5) is 3.94. The Kier molecular flexibility index (Phi) is 3.21. The molecule has 1 atom stereocenters. The van der Waals surface area contributed by atoms with Gasteiger partial charge in [-0.05, 0) is 18.6 Å². The second kappa shape index (κ2) is 4.72. The van der Waals surface area contributed by atoms with Crippen LogP contribution in [-0.4, -0.2) is 25.3 Å². The fourth-order valence-electron chi connectivity index (χ4n) is 1.50. The van der Waals surface area contributed by atoms with Crippen LogP contribution in [0.5, 0.6) is 0 Å². The Bertz CT molecular complexity index is 546. The molecule has 2 aromatic rings. The first-order chi connectivity index (χ1) is 8.65. The van der Waals surface area contributed by atoms with E-state index in [1.54, 1.807) is 12.4 Å². The number of thioether (sulfide) groups is 1. The Morgan fingerprint density at radius 1 is 1.33 bits per heavy atom. The van der Waals surface area contributed by atoms with Gasteiger partial charge >= 0.3 is 0 Å². The normalized spacial score (nSPS) is 20.9. The number of hydrogen-bond donors (Lipinski definition) is 0. The van der Waals surface area contributed by atoms with Crippen molar-refractivity contribution in [2.45, 2.75) is 16.0 Å². The van der Waals surface area contributed by atoms with E-state index in [2.05, 4.69) is 15.2 Å². The predicted molar refractivity (Wildman–Crippen MR) is 70.8 cm³/mol. The molecule has 7 heteroatoms. The molecule has 0 spiro atoms. The zero-order valence-electron chi connectivity index (χ0n) is 9.22. The second-order valence-corrected chi connectivity index (χ2v) is 6.60. The first-order valence-corrected chi connectivity index (χ1v) is 7.14. The van der Waals surface area contributed by atoms with Gasteiger partial charge in [-0.25, -0.2) is 0 Å². The van der Waals surface area contributed by atoms with Crippen LogP contribution in [0.2, 0.25) is 0 Å². The van der Waals surface area contributed by atoms with Gasteiger partial charge in [0.05, 0.1) is 0 Å². The van der Waals surface area contributed by atoms with Crippen molar-refractivity contribution in [2.24, 2.45) is 5.92 Å². The Morgan fingerprint density at radius 3 is 2.72 bits per heavy atom. The molecule has 1 saturated carbocycles. The van der Waals surface area contributed by atoms with E-state index in [1.807, 2.05) is 12.1 Å². The van der Waals surface area contributed by atoms with Gasteiger partial charge in [-0.1, -0.05) is 11.8 Å². The van der Waals surface area contributed by atoms with Gasteiger partial charge in [-0.15, -0.1) is 33.4 Å². The topological polar surface area (TPSA) is 51.8 Å². The molecule has 0 aromatic carbocycles. The van der Waals surface area contributed by atoms with Crippen LogP contribution in [0.4, 0.5) is 0 Å². The largest absolute Gasteiger partial charge is 0.411 e. The summed E-state index contributed by atoms with van der Waals surface area (Å²) in [6, 6.07) is 3.65. The van der Waals surface area contributed by atoms with Crippen molar-refractivity contribution in [2.75, 3.05) is 5.75 Å². The van der Waals surface area contributed by atoms with E-state index in [0.717, 1.165) is 17.7 Å². The lowest BCUT2D eigenvalue weighted by atomic mass is 10.3. The molecule has 18 heavy (non-hydrogen) atoms. The van der Waals surface area contributed by atoms with Gasteiger partial charge in [0.15, 0.2) is 0 Å². The molecule has 1 fully saturated rings. The molecule has 2 aromatic heterocycles. The highest BCUT2D eigenvalue weighted by atomic mass is 35.5. The van der Waals surface area contributed by atoms with Gasteiger partial charge in [0.25, 0.3) is 5.22 Å². The average Bonchev–Trinajstić information content (AvgIpc) is 2.79. The number of alkyl halides is 2. The van der Waals surface area contributed by atoms with Gasteiger partial charge in [-0.3, -0.25) is 4.98 Å². The lowest BCUT2D eigenvalue weighted by Gasteiger charge is -1.96. The molecule has 4 nitrogen and oxygen atoms in total. The minimum Gasteiger partial charge on any atom is -0.411 e. The van der Waals surface area contributed by atoms with Crippen molar-refractivity contribution < 1.29 is 4.42 Å². The first kappa shape index (κ1) is 12.3. The summed E-state index contributed by atoms with van der Waals surface area (Å²) in [7, 11) is 0. The molecule has 0 radical (unpaired) electrons. The third kappa shape index (κ3) is 2.63. The van der Waals surface area contributed by atoms with Crippen LogP contribution >= 0.6 is 35.0 Å². The summed E-state index contributed by atoms with van der Waals surface area (Å²) in [6.07, 6.45) is 4.20. The molecule has 0 saturated heterocycles. The minimum atomic E-state index is -0.555. The number of nitrogens with zero attached hydrogens (tertiary/aromatic N) is 3. The molecule has 0 bridgehead atoms. The number of aromatic nitrogens is 3. The number of halogens is 2. The minimum absolute atomic E-state index is 0.308. The molecule has 3 rings (SSSR count). The van der Waals surface area contributed by atoms with Gasteiger partial charge in [0.2, 0.25) is 5.89 Å². The van der Waals surface area contributed by atoms with Gasteiger partial charge < -0.3 is 4.42 Å². The van der Waals surface area contributed by atoms with E-state index in [0.29, 0.717) is 17.0 Å². The molecule has 2 heterocycles. The summed E-state index contributed by atoms with van der Waals surface area (Å²) in [6.45, 7) is 0. The zero-order chi connectivity index (χ0) is 12.6. The molecule has 0 N–H and O–H groups in total. The van der Waals surface area contributed by atoms with E-state index in [9.17, 15) is 0 Å². The molecule has 0 aliphatic heterocycles. The van der Waals surface area contributed by atoms with Crippen molar-refractivity contribution >= 4 is 35.0 Å². The molecule has 1 unspecified atom stereocenters. The molecule has 1 aliphatic rings. The molecule has 1 aliphatic carbocycles. The number of rotatable bonds is 4. The zero-order valence-corrected chi connectivity index (χ0v) is 11.5.